The molecule has 1 fully saturated rings. The number of phenolic OH excluding ortho intramolecular Hbond substituents is 1. The number of phenols is 1. The van der Waals surface area contributed by atoms with Crippen molar-refractivity contribution in [2.24, 2.45) is 5.92 Å². The summed E-state index contributed by atoms with van der Waals surface area (Å²) in [6.45, 7) is 0. The lowest BCUT2D eigenvalue weighted by Crippen LogP contribution is -2.55. The molecule has 0 unspecified atom stereocenters. The standard InChI is InChI=1S/C24H21F2NO3/c25-17-5-1-15(2-6-17)22(29)14-13-21-23(16-3-11-20(28)12-4-16)27(24(21)30)19-9-7-18(26)8-10-19/h1-12,21-23,28-29H,13-14H2/t21-,22+,23-/m1/s1/i3+1,4+1,11+1,12+1,16+1,20+1. The predicted octanol–water partition coefficient (Wildman–Crippen LogP) is 4.89. The van der Waals surface area contributed by atoms with Crippen molar-refractivity contribution in [3.05, 3.63) is 95.6 Å². The Hall–Kier alpha value is -3.25. The van der Waals surface area contributed by atoms with Gasteiger partial charge in [0, 0.05) is 5.69 Å². The van der Waals surface area contributed by atoms with Crippen LogP contribution >= 0.6 is 0 Å². The summed E-state index contributed by atoms with van der Waals surface area (Å²) in [4.78, 5) is 14.6. The maximum absolute atomic E-state index is 13.3. The van der Waals surface area contributed by atoms with E-state index in [1.807, 2.05) is 0 Å². The third-order valence-corrected chi connectivity index (χ3v) is 5.56. The van der Waals surface area contributed by atoms with E-state index in [1.165, 1.54) is 36.4 Å². The van der Waals surface area contributed by atoms with Crippen LogP contribution in [0.25, 0.3) is 0 Å². The van der Waals surface area contributed by atoms with Crippen molar-refractivity contribution in [1.82, 2.24) is 0 Å². The number of aromatic hydroxyl groups is 1. The van der Waals surface area contributed by atoms with E-state index in [2.05, 4.69) is 0 Å². The minimum atomic E-state index is -0.807. The van der Waals surface area contributed by atoms with Gasteiger partial charge < -0.3 is 15.1 Å². The predicted molar refractivity (Wildman–Crippen MR) is 109 cm³/mol. The zero-order chi connectivity index (χ0) is 21.3. The molecular weight excluding hydrogens is 394 g/mol. The molecule has 1 aliphatic rings. The number of aliphatic hydroxyl groups is 1. The highest BCUT2D eigenvalue weighted by Crippen LogP contribution is 2.46. The zero-order valence-electron chi connectivity index (χ0n) is 16.1. The second-order valence-electron chi connectivity index (χ2n) is 7.47. The molecule has 0 spiro atoms. The molecular formula is C24H21F2NO3. The monoisotopic (exact) mass is 415 g/mol. The first kappa shape index (κ1) is 20.0. The van der Waals surface area contributed by atoms with E-state index >= 15 is 0 Å². The Bertz CT molecular complexity index is 1020. The molecule has 2 N–H and O–H groups in total. The van der Waals surface area contributed by atoms with Gasteiger partial charge in [0.1, 0.15) is 17.4 Å². The third kappa shape index (κ3) is 3.91. The molecule has 4 rings (SSSR count). The molecule has 1 saturated heterocycles. The van der Waals surface area contributed by atoms with Gasteiger partial charge in [-0.25, -0.2) is 8.78 Å². The Balaban J connectivity index is 1.55. The highest BCUT2D eigenvalue weighted by Gasteiger charge is 2.48. The maximum Gasteiger partial charge on any atom is 0.233 e. The first-order chi connectivity index (χ1) is 14.4. The lowest BCUT2D eigenvalue weighted by molar-refractivity contribution is -0.131. The van der Waals surface area contributed by atoms with Gasteiger partial charge in [0.2, 0.25) is 5.91 Å². The zero-order valence-corrected chi connectivity index (χ0v) is 16.1. The van der Waals surface area contributed by atoms with Crippen LogP contribution in [0.3, 0.4) is 0 Å². The van der Waals surface area contributed by atoms with Crippen LogP contribution in [-0.2, 0) is 4.79 Å². The molecule has 0 bridgehead atoms. The van der Waals surface area contributed by atoms with E-state index in [0.717, 1.165) is 5.56 Å². The molecule has 1 aliphatic heterocycles. The number of halogens is 2. The molecule has 6 heteroatoms. The van der Waals surface area contributed by atoms with Crippen molar-refractivity contribution >= 4 is 11.6 Å². The number of rotatable bonds is 6. The van der Waals surface area contributed by atoms with E-state index in [1.54, 1.807) is 41.3 Å². The van der Waals surface area contributed by atoms with Crippen LogP contribution < -0.4 is 4.90 Å². The summed E-state index contributed by atoms with van der Waals surface area (Å²) in [5.41, 5.74) is 2.03. The largest absolute Gasteiger partial charge is 0.508 e. The number of anilines is 1. The molecule has 0 radical (unpaired) electrons. The van der Waals surface area contributed by atoms with Crippen LogP contribution in [0.15, 0.2) is 72.8 Å². The van der Waals surface area contributed by atoms with Crippen LogP contribution in [0.2, 0.25) is 0 Å². The molecule has 0 aromatic heterocycles. The van der Waals surface area contributed by atoms with Crippen LogP contribution in [0.1, 0.15) is 36.1 Å². The Kier molecular flexibility index (Phi) is 5.50. The van der Waals surface area contributed by atoms with Crippen molar-refractivity contribution in [3.63, 3.8) is 0 Å². The second kappa shape index (κ2) is 8.24. The number of carbonyl (C=O) groups is 1. The topological polar surface area (TPSA) is 60.8 Å². The van der Waals surface area contributed by atoms with E-state index in [-0.39, 0.29) is 35.3 Å². The van der Waals surface area contributed by atoms with E-state index in [0.29, 0.717) is 24.1 Å². The highest BCUT2D eigenvalue weighted by atomic mass is 19.1. The molecule has 154 valence electrons. The molecule has 3 aromatic carbocycles. The normalized spacial score (nSPS) is 19.4. The average molecular weight is 415 g/mol. The lowest BCUT2D eigenvalue weighted by Gasteiger charge is -2.48. The summed E-state index contributed by atoms with van der Waals surface area (Å²) in [7, 11) is 0. The fraction of sp³-hybridized carbons (Fsp3) is 0.208. The summed E-state index contributed by atoms with van der Waals surface area (Å²) in [5.74, 6) is -1.10. The summed E-state index contributed by atoms with van der Waals surface area (Å²) >= 11 is 0. The SMILES string of the molecule is O=C1[C@H](CC[C@H](O)c2ccc(F)cc2)[C@@H]([13c]2[13cH][13cH][13c](O)[13cH][13cH]2)N1c1ccc(F)cc1. The van der Waals surface area contributed by atoms with Gasteiger partial charge in [-0.05, 0) is 72.5 Å². The van der Waals surface area contributed by atoms with Crippen molar-refractivity contribution in [1.29, 1.82) is 0 Å². The molecule has 1 heterocycles. The van der Waals surface area contributed by atoms with Crippen molar-refractivity contribution in [2.45, 2.75) is 25.0 Å². The van der Waals surface area contributed by atoms with Gasteiger partial charge in [-0.2, -0.15) is 0 Å². The number of amides is 1. The third-order valence-electron chi connectivity index (χ3n) is 5.56. The van der Waals surface area contributed by atoms with Crippen LogP contribution in [0, 0.1) is 17.6 Å². The fourth-order valence-corrected chi connectivity index (χ4v) is 3.96. The smallest absolute Gasteiger partial charge is 0.233 e. The number of β-lactam (4-membered cyclic amide) rings is 1. The molecule has 3 aromatic rings. The van der Waals surface area contributed by atoms with Gasteiger partial charge in [0.15, 0.2) is 0 Å². The summed E-state index contributed by atoms with van der Waals surface area (Å²) in [6.07, 6.45) is -0.0344. The summed E-state index contributed by atoms with van der Waals surface area (Å²) in [6, 6.07) is 17.7. The van der Waals surface area contributed by atoms with E-state index < -0.39 is 6.10 Å². The molecule has 4 nitrogen and oxygen atoms in total. The molecule has 0 aliphatic carbocycles. The number of hydrogen-bond acceptors (Lipinski definition) is 3. The highest BCUT2D eigenvalue weighted by molar-refractivity contribution is 6.03. The number of nitrogens with zero attached hydrogens (tertiary/aromatic N) is 1. The fourth-order valence-electron chi connectivity index (χ4n) is 3.96. The Labute approximate surface area is 173 Å². The number of hydrogen-bond donors (Lipinski definition) is 2. The molecule has 3 atom stereocenters. The molecule has 0 saturated carbocycles. The maximum atomic E-state index is 13.3. The Morgan fingerprint density at radius 1 is 0.867 bits per heavy atom. The number of carbonyl (C=O) groups excluding carboxylic acids is 1. The Morgan fingerprint density at radius 3 is 2.03 bits per heavy atom. The van der Waals surface area contributed by atoms with Gasteiger partial charge in [-0.1, -0.05) is 24.3 Å². The van der Waals surface area contributed by atoms with Crippen molar-refractivity contribution < 1.29 is 23.8 Å². The van der Waals surface area contributed by atoms with Gasteiger partial charge >= 0.3 is 0 Å². The van der Waals surface area contributed by atoms with Gasteiger partial charge in [-0.15, -0.1) is 0 Å². The van der Waals surface area contributed by atoms with Crippen LogP contribution in [0.5, 0.6) is 5.75 Å². The minimum absolute atomic E-state index is 0.106. The second-order valence-corrected chi connectivity index (χ2v) is 7.47. The van der Waals surface area contributed by atoms with Gasteiger partial charge in [0.25, 0.3) is 0 Å². The lowest BCUT2D eigenvalue weighted by atomic mass is 9.84. The first-order valence-corrected chi connectivity index (χ1v) is 9.75. The van der Waals surface area contributed by atoms with Crippen LogP contribution in [-0.4, -0.2) is 16.1 Å². The Morgan fingerprint density at radius 2 is 1.43 bits per heavy atom. The summed E-state index contributed by atoms with van der Waals surface area (Å²) in [5, 5.41) is 20.1. The summed E-state index contributed by atoms with van der Waals surface area (Å²) < 4.78 is 26.4. The average Bonchev–Trinajstić information content (AvgIpc) is 2.74. The van der Waals surface area contributed by atoms with Gasteiger partial charge in [0.05, 0.1) is 18.1 Å². The van der Waals surface area contributed by atoms with E-state index in [4.69, 9.17) is 0 Å². The molecule has 1 amide bonds. The number of aliphatic hydroxyl groups excluding tert-OH is 1. The molecule has 30 heavy (non-hydrogen) atoms. The minimum Gasteiger partial charge on any atom is -0.508 e. The number of benzene rings is 3. The van der Waals surface area contributed by atoms with Crippen LogP contribution in [0.4, 0.5) is 14.5 Å². The van der Waals surface area contributed by atoms with Crippen molar-refractivity contribution in [3.8, 4) is 5.75 Å². The van der Waals surface area contributed by atoms with E-state index in [9.17, 15) is 23.8 Å². The quantitative estimate of drug-likeness (QED) is 0.564. The first-order valence-electron chi connectivity index (χ1n) is 9.75. The van der Waals surface area contributed by atoms with Crippen molar-refractivity contribution in [2.75, 3.05) is 4.90 Å². The van der Waals surface area contributed by atoms with Gasteiger partial charge in [-0.3, -0.25) is 4.79 Å².